The summed E-state index contributed by atoms with van der Waals surface area (Å²) >= 11 is 3.69. The molecule has 0 radical (unpaired) electrons. The second-order valence-corrected chi connectivity index (χ2v) is 5.00. The van der Waals surface area contributed by atoms with Crippen molar-refractivity contribution in [3.8, 4) is 0 Å². The predicted molar refractivity (Wildman–Crippen MR) is 54.0 cm³/mol. The molecule has 0 fully saturated rings. The van der Waals surface area contributed by atoms with Crippen molar-refractivity contribution >= 4 is 15.9 Å². The molecule has 0 bridgehead atoms. The van der Waals surface area contributed by atoms with Gasteiger partial charge in [-0.15, -0.1) is 0 Å². The first-order valence-corrected chi connectivity index (χ1v) is 5.33. The van der Waals surface area contributed by atoms with Crippen molar-refractivity contribution in [1.29, 1.82) is 0 Å². The molecular weight excluding hydrogens is 200 g/mol. The van der Waals surface area contributed by atoms with Crippen molar-refractivity contribution in [2.24, 2.45) is 11.8 Å². The molecule has 1 rings (SSSR count). The van der Waals surface area contributed by atoms with Crippen LogP contribution in [0.25, 0.3) is 0 Å². The van der Waals surface area contributed by atoms with Gasteiger partial charge >= 0.3 is 0 Å². The van der Waals surface area contributed by atoms with Crippen molar-refractivity contribution in [2.45, 2.75) is 38.4 Å². The van der Waals surface area contributed by atoms with Crippen LogP contribution >= 0.6 is 15.9 Å². The molecule has 0 saturated heterocycles. The van der Waals surface area contributed by atoms with Gasteiger partial charge < -0.3 is 0 Å². The second kappa shape index (κ2) is 3.75. The van der Waals surface area contributed by atoms with Gasteiger partial charge in [-0.25, -0.2) is 0 Å². The normalized spacial score (nSPS) is 32.3. The molecule has 1 unspecified atom stereocenters. The van der Waals surface area contributed by atoms with Crippen LogP contribution in [0.5, 0.6) is 0 Å². The van der Waals surface area contributed by atoms with Gasteiger partial charge in [-0.2, -0.15) is 0 Å². The second-order valence-electron chi connectivity index (χ2n) is 3.89. The first-order chi connectivity index (χ1) is 5.11. The molecule has 0 aromatic heterocycles. The summed E-state index contributed by atoms with van der Waals surface area (Å²) in [5, 5.41) is 0. The third-order valence-corrected chi connectivity index (χ3v) is 3.79. The van der Waals surface area contributed by atoms with Crippen LogP contribution in [-0.2, 0) is 0 Å². The van der Waals surface area contributed by atoms with Crippen LogP contribution in [0.15, 0.2) is 11.6 Å². The molecule has 0 spiro atoms. The number of hydrogen-bond acceptors (Lipinski definition) is 0. The van der Waals surface area contributed by atoms with Gasteiger partial charge in [0, 0.05) is 4.83 Å². The van der Waals surface area contributed by atoms with E-state index in [1.807, 2.05) is 0 Å². The molecule has 0 aromatic rings. The number of alkyl halides is 1. The van der Waals surface area contributed by atoms with Gasteiger partial charge in [0.05, 0.1) is 0 Å². The lowest BCUT2D eigenvalue weighted by Crippen LogP contribution is -2.18. The Bertz CT molecular complexity index is 158. The van der Waals surface area contributed by atoms with Crippen LogP contribution in [0.2, 0.25) is 0 Å². The van der Waals surface area contributed by atoms with Gasteiger partial charge in [0.25, 0.3) is 0 Å². The number of halogens is 1. The molecule has 64 valence electrons. The first-order valence-electron chi connectivity index (χ1n) is 4.42. The Labute approximate surface area is 78.2 Å². The van der Waals surface area contributed by atoms with E-state index in [4.69, 9.17) is 0 Å². The molecule has 0 saturated carbocycles. The van der Waals surface area contributed by atoms with Gasteiger partial charge in [-0.1, -0.05) is 41.4 Å². The summed E-state index contributed by atoms with van der Waals surface area (Å²) in [5.41, 5.74) is 1.52. The molecule has 1 aliphatic carbocycles. The zero-order chi connectivity index (χ0) is 8.43. The van der Waals surface area contributed by atoms with Gasteiger partial charge in [0.2, 0.25) is 0 Å². The molecule has 11 heavy (non-hydrogen) atoms. The Morgan fingerprint density at radius 1 is 1.55 bits per heavy atom. The lowest BCUT2D eigenvalue weighted by Gasteiger charge is -2.27. The minimum absolute atomic E-state index is 0.642. The van der Waals surface area contributed by atoms with E-state index in [1.54, 1.807) is 0 Å². The monoisotopic (exact) mass is 216 g/mol. The number of rotatable bonds is 1. The summed E-state index contributed by atoms with van der Waals surface area (Å²) in [7, 11) is 0. The molecule has 2 atom stereocenters. The van der Waals surface area contributed by atoms with E-state index in [-0.39, 0.29) is 0 Å². The maximum Gasteiger partial charge on any atom is 0.0354 e. The Hall–Kier alpha value is 0.220. The maximum absolute atomic E-state index is 3.69. The minimum atomic E-state index is 0.642. The van der Waals surface area contributed by atoms with E-state index in [0.717, 1.165) is 11.8 Å². The molecular formula is C10H17Br. The summed E-state index contributed by atoms with van der Waals surface area (Å²) in [5.74, 6) is 1.72. The summed E-state index contributed by atoms with van der Waals surface area (Å²) in [6.45, 7) is 6.85. The van der Waals surface area contributed by atoms with Crippen molar-refractivity contribution in [2.75, 3.05) is 0 Å². The molecule has 0 amide bonds. The van der Waals surface area contributed by atoms with Crippen LogP contribution in [0.3, 0.4) is 0 Å². The van der Waals surface area contributed by atoms with Crippen molar-refractivity contribution in [3.63, 3.8) is 0 Å². The van der Waals surface area contributed by atoms with Gasteiger partial charge in [-0.3, -0.25) is 0 Å². The molecule has 0 nitrogen and oxygen atoms in total. The Kier molecular flexibility index (Phi) is 3.17. The molecule has 1 heteroatoms. The van der Waals surface area contributed by atoms with Crippen LogP contribution in [-0.4, -0.2) is 4.83 Å². The van der Waals surface area contributed by atoms with Crippen LogP contribution in [0, 0.1) is 11.8 Å². The highest BCUT2D eigenvalue weighted by Crippen LogP contribution is 2.32. The SMILES string of the molecule is CC1=CCC(C(C)C)C[C@H]1Br. The van der Waals surface area contributed by atoms with Crippen LogP contribution < -0.4 is 0 Å². The summed E-state index contributed by atoms with van der Waals surface area (Å²) < 4.78 is 0. The molecule has 0 heterocycles. The lowest BCUT2D eigenvalue weighted by atomic mass is 9.83. The van der Waals surface area contributed by atoms with Crippen molar-refractivity contribution < 1.29 is 0 Å². The summed E-state index contributed by atoms with van der Waals surface area (Å²) in [6, 6.07) is 0. The van der Waals surface area contributed by atoms with Crippen LogP contribution in [0.1, 0.15) is 33.6 Å². The average Bonchev–Trinajstić information content (AvgIpc) is 1.94. The summed E-state index contributed by atoms with van der Waals surface area (Å²) in [4.78, 5) is 0.642. The fourth-order valence-electron chi connectivity index (χ4n) is 1.56. The highest BCUT2D eigenvalue weighted by molar-refractivity contribution is 9.09. The smallest absolute Gasteiger partial charge is 0.0354 e. The van der Waals surface area contributed by atoms with Gasteiger partial charge in [0.15, 0.2) is 0 Å². The average molecular weight is 217 g/mol. The van der Waals surface area contributed by atoms with E-state index in [0.29, 0.717) is 4.83 Å². The fourth-order valence-corrected chi connectivity index (χ4v) is 2.22. The van der Waals surface area contributed by atoms with Gasteiger partial charge in [0.1, 0.15) is 0 Å². The van der Waals surface area contributed by atoms with E-state index in [2.05, 4.69) is 42.8 Å². The van der Waals surface area contributed by atoms with Crippen molar-refractivity contribution in [1.82, 2.24) is 0 Å². The number of allylic oxidation sites excluding steroid dienone is 2. The van der Waals surface area contributed by atoms with E-state index in [1.165, 1.54) is 18.4 Å². The quantitative estimate of drug-likeness (QED) is 0.463. The fraction of sp³-hybridized carbons (Fsp3) is 0.800. The maximum atomic E-state index is 3.69. The Balaban J connectivity index is 2.55. The van der Waals surface area contributed by atoms with Crippen molar-refractivity contribution in [3.05, 3.63) is 11.6 Å². The van der Waals surface area contributed by atoms with Crippen LogP contribution in [0.4, 0.5) is 0 Å². The van der Waals surface area contributed by atoms with E-state index >= 15 is 0 Å². The molecule has 0 aliphatic heterocycles. The standard InChI is InChI=1S/C10H17Br/c1-7(2)9-5-4-8(3)10(11)6-9/h4,7,9-10H,5-6H2,1-3H3/t9?,10-/m1/s1. The zero-order valence-electron chi connectivity index (χ0n) is 7.60. The predicted octanol–water partition coefficient (Wildman–Crippen LogP) is 3.76. The highest BCUT2D eigenvalue weighted by atomic mass is 79.9. The van der Waals surface area contributed by atoms with E-state index < -0.39 is 0 Å². The largest absolute Gasteiger partial charge is 0.0842 e. The zero-order valence-corrected chi connectivity index (χ0v) is 9.19. The topological polar surface area (TPSA) is 0 Å². The third-order valence-electron chi connectivity index (χ3n) is 2.69. The number of hydrogen-bond donors (Lipinski definition) is 0. The lowest BCUT2D eigenvalue weighted by molar-refractivity contribution is 0.356. The molecule has 0 aromatic carbocycles. The van der Waals surface area contributed by atoms with Gasteiger partial charge in [-0.05, 0) is 31.6 Å². The summed E-state index contributed by atoms with van der Waals surface area (Å²) in [6.07, 6.45) is 4.99. The minimum Gasteiger partial charge on any atom is -0.0842 e. The molecule has 1 aliphatic rings. The molecule has 0 N–H and O–H groups in total. The Morgan fingerprint density at radius 2 is 2.18 bits per heavy atom. The van der Waals surface area contributed by atoms with E-state index in [9.17, 15) is 0 Å². The highest BCUT2D eigenvalue weighted by Gasteiger charge is 2.21. The first kappa shape index (κ1) is 9.31. The Morgan fingerprint density at radius 3 is 2.64 bits per heavy atom. The third kappa shape index (κ3) is 2.33.